The predicted molar refractivity (Wildman–Crippen MR) is 115 cm³/mol. The van der Waals surface area contributed by atoms with Crippen LogP contribution < -0.4 is 5.32 Å². The molecule has 160 valence electrons. The number of nitrogens with zero attached hydrogens (tertiary/aromatic N) is 2. The molecule has 0 unspecified atom stereocenters. The van der Waals surface area contributed by atoms with E-state index in [0.29, 0.717) is 26.2 Å². The molecule has 10 heteroatoms. The second-order valence-electron chi connectivity index (χ2n) is 8.63. The monoisotopic (exact) mass is 439 g/mol. The summed E-state index contributed by atoms with van der Waals surface area (Å²) in [6.07, 6.45) is -0.472. The summed E-state index contributed by atoms with van der Waals surface area (Å²) in [5.74, 6) is 0. The van der Waals surface area contributed by atoms with Gasteiger partial charge in [-0.1, -0.05) is 19.6 Å². The molecule has 2 N–H and O–H groups in total. The van der Waals surface area contributed by atoms with Gasteiger partial charge < -0.3 is 19.7 Å². The van der Waals surface area contributed by atoms with Gasteiger partial charge in [0, 0.05) is 36.9 Å². The Bertz CT molecular complexity index is 1030. The molecule has 0 bridgehead atoms. The van der Waals surface area contributed by atoms with Crippen molar-refractivity contribution in [3.63, 3.8) is 0 Å². The smallest absolute Gasteiger partial charge is 0.407 e. The highest BCUT2D eigenvalue weighted by Crippen LogP contribution is 2.27. The number of benzene rings is 1. The lowest BCUT2D eigenvalue weighted by molar-refractivity contribution is 0.000442. The van der Waals surface area contributed by atoms with E-state index in [2.05, 4.69) is 24.6 Å². The van der Waals surface area contributed by atoms with Gasteiger partial charge in [-0.3, -0.25) is 0 Å². The lowest BCUT2D eigenvalue weighted by Crippen LogP contribution is -2.50. The van der Waals surface area contributed by atoms with Gasteiger partial charge in [-0.15, -0.1) is 0 Å². The van der Waals surface area contributed by atoms with Crippen LogP contribution in [0.25, 0.3) is 10.9 Å². The number of carbonyl (C=O) groups is 1. The topological polar surface area (TPSA) is 103 Å². The standard InChI is InChI=1S/C19H29N3O5SSi/c1-21(2)28(25,26)14-6-7-17-15(11-14)16(18(20-17)29(3,4)5)10-13-12-27-9-8-22(13)19(23)24/h6-7,11,13,20H,8-10,12H2,1-5H3,(H,23,24)/t13-/m0/s1. The van der Waals surface area contributed by atoms with Crippen LogP contribution in [0.4, 0.5) is 4.79 Å². The van der Waals surface area contributed by atoms with Gasteiger partial charge in [0.25, 0.3) is 0 Å². The molecule has 2 heterocycles. The Balaban J connectivity index is 2.15. The summed E-state index contributed by atoms with van der Waals surface area (Å²) >= 11 is 0. The number of hydrogen-bond donors (Lipinski definition) is 2. The van der Waals surface area contributed by atoms with Gasteiger partial charge in [0.1, 0.15) is 0 Å². The van der Waals surface area contributed by atoms with Crippen LogP contribution in [-0.2, 0) is 21.2 Å². The van der Waals surface area contributed by atoms with Crippen molar-refractivity contribution in [2.24, 2.45) is 0 Å². The Morgan fingerprint density at radius 3 is 2.62 bits per heavy atom. The summed E-state index contributed by atoms with van der Waals surface area (Å²) in [5, 5.41) is 11.5. The minimum absolute atomic E-state index is 0.229. The summed E-state index contributed by atoms with van der Waals surface area (Å²) < 4.78 is 32.0. The minimum atomic E-state index is -3.57. The normalized spacial score (nSPS) is 18.6. The third kappa shape index (κ3) is 4.20. The molecule has 1 fully saturated rings. The number of H-pyrrole nitrogens is 1. The highest BCUT2D eigenvalue weighted by Gasteiger charge is 2.32. The molecule has 8 nitrogen and oxygen atoms in total. The zero-order valence-corrected chi connectivity index (χ0v) is 19.3. The van der Waals surface area contributed by atoms with E-state index < -0.39 is 24.2 Å². The molecule has 0 saturated carbocycles. The molecular weight excluding hydrogens is 410 g/mol. The number of aromatic amines is 1. The summed E-state index contributed by atoms with van der Waals surface area (Å²) in [4.78, 5) is 16.8. The highest BCUT2D eigenvalue weighted by atomic mass is 32.2. The number of rotatable bonds is 5. The van der Waals surface area contributed by atoms with Gasteiger partial charge in [0.2, 0.25) is 10.0 Å². The van der Waals surface area contributed by atoms with Crippen LogP contribution in [0.5, 0.6) is 0 Å². The van der Waals surface area contributed by atoms with Crippen LogP contribution >= 0.6 is 0 Å². The average Bonchev–Trinajstić information content (AvgIpc) is 3.00. The van der Waals surface area contributed by atoms with Crippen molar-refractivity contribution in [2.45, 2.75) is 37.0 Å². The molecule has 1 aliphatic heterocycles. The van der Waals surface area contributed by atoms with Gasteiger partial charge in [0.05, 0.1) is 32.2 Å². The van der Waals surface area contributed by atoms with Crippen LogP contribution in [0.3, 0.4) is 0 Å². The number of sulfonamides is 1. The number of fused-ring (bicyclic) bond motifs is 1. The maximum Gasteiger partial charge on any atom is 0.407 e. The van der Waals surface area contributed by atoms with E-state index >= 15 is 0 Å². The molecular formula is C19H29N3O5SSi. The van der Waals surface area contributed by atoms with Crippen LogP contribution in [0.15, 0.2) is 23.1 Å². The van der Waals surface area contributed by atoms with E-state index in [4.69, 9.17) is 4.74 Å². The molecule has 1 aromatic carbocycles. The molecule has 29 heavy (non-hydrogen) atoms. The number of amides is 1. The first-order valence-electron chi connectivity index (χ1n) is 9.58. The Labute approximate surface area is 172 Å². The number of carboxylic acid groups (broad SMARTS) is 1. The van der Waals surface area contributed by atoms with Gasteiger partial charge >= 0.3 is 6.09 Å². The van der Waals surface area contributed by atoms with E-state index in [1.807, 2.05) is 0 Å². The van der Waals surface area contributed by atoms with E-state index in [-0.39, 0.29) is 10.9 Å². The molecule has 1 amide bonds. The quantitative estimate of drug-likeness (QED) is 0.693. The Hall–Kier alpha value is -1.88. The van der Waals surface area contributed by atoms with Crippen molar-refractivity contribution in [3.05, 3.63) is 23.8 Å². The zero-order valence-electron chi connectivity index (χ0n) is 17.5. The van der Waals surface area contributed by atoms with Crippen molar-refractivity contribution in [2.75, 3.05) is 33.9 Å². The fraction of sp³-hybridized carbons (Fsp3) is 0.526. The Kier molecular flexibility index (Phi) is 5.83. The Morgan fingerprint density at radius 1 is 1.34 bits per heavy atom. The third-order valence-electron chi connectivity index (χ3n) is 5.32. The first-order chi connectivity index (χ1) is 13.4. The van der Waals surface area contributed by atoms with E-state index in [1.54, 1.807) is 18.2 Å². The van der Waals surface area contributed by atoms with E-state index in [0.717, 1.165) is 21.8 Å². The highest BCUT2D eigenvalue weighted by molar-refractivity contribution is 7.89. The number of aromatic nitrogens is 1. The number of hydrogen-bond acceptors (Lipinski definition) is 4. The number of ether oxygens (including phenoxy) is 1. The summed E-state index contributed by atoms with van der Waals surface area (Å²) in [6, 6.07) is 4.81. The van der Waals surface area contributed by atoms with Crippen molar-refractivity contribution in [3.8, 4) is 0 Å². The van der Waals surface area contributed by atoms with E-state index in [1.165, 1.54) is 23.3 Å². The minimum Gasteiger partial charge on any atom is -0.465 e. The van der Waals surface area contributed by atoms with Crippen LogP contribution in [0.1, 0.15) is 5.56 Å². The first kappa shape index (κ1) is 21.8. The second-order valence-corrected chi connectivity index (χ2v) is 15.8. The largest absolute Gasteiger partial charge is 0.465 e. The lowest BCUT2D eigenvalue weighted by atomic mass is 10.0. The number of morpholine rings is 1. The zero-order chi connectivity index (χ0) is 21.6. The predicted octanol–water partition coefficient (Wildman–Crippen LogP) is 1.88. The lowest BCUT2D eigenvalue weighted by Gasteiger charge is -2.34. The molecule has 2 aromatic rings. The van der Waals surface area contributed by atoms with Gasteiger partial charge in [-0.2, -0.15) is 0 Å². The van der Waals surface area contributed by atoms with Crippen LogP contribution in [0, 0.1) is 0 Å². The maximum atomic E-state index is 12.6. The van der Waals surface area contributed by atoms with Crippen molar-refractivity contribution >= 4 is 40.4 Å². The Morgan fingerprint density at radius 2 is 2.03 bits per heavy atom. The molecule has 0 spiro atoms. The van der Waals surface area contributed by atoms with Gasteiger partial charge in [-0.05, 0) is 30.2 Å². The summed E-state index contributed by atoms with van der Waals surface area (Å²) in [7, 11) is -2.35. The van der Waals surface area contributed by atoms with Crippen molar-refractivity contribution in [1.82, 2.24) is 14.2 Å². The SMILES string of the molecule is CN(C)S(=O)(=O)c1ccc2[nH]c([Si](C)(C)C)c(C[C@H]3COCCN3C(=O)O)c2c1. The fourth-order valence-corrected chi connectivity index (χ4v) is 6.34. The second kappa shape index (κ2) is 7.75. The fourth-order valence-electron chi connectivity index (χ4n) is 3.76. The molecule has 1 saturated heterocycles. The molecule has 3 rings (SSSR count). The summed E-state index contributed by atoms with van der Waals surface area (Å²) in [6.45, 7) is 7.70. The van der Waals surface area contributed by atoms with E-state index in [9.17, 15) is 18.3 Å². The van der Waals surface area contributed by atoms with Crippen molar-refractivity contribution < 1.29 is 23.1 Å². The molecule has 1 aromatic heterocycles. The van der Waals surface area contributed by atoms with Crippen LogP contribution in [0.2, 0.25) is 19.6 Å². The average molecular weight is 440 g/mol. The van der Waals surface area contributed by atoms with Crippen LogP contribution in [-0.4, -0.2) is 81.8 Å². The van der Waals surface area contributed by atoms with Gasteiger partial charge in [-0.25, -0.2) is 17.5 Å². The molecule has 1 atom stereocenters. The maximum absolute atomic E-state index is 12.6. The molecule has 1 aliphatic rings. The molecule has 0 radical (unpaired) electrons. The summed E-state index contributed by atoms with van der Waals surface area (Å²) in [5.41, 5.74) is 1.87. The van der Waals surface area contributed by atoms with Gasteiger partial charge in [0.15, 0.2) is 0 Å². The van der Waals surface area contributed by atoms with Crippen molar-refractivity contribution in [1.29, 1.82) is 0 Å². The third-order valence-corrected chi connectivity index (χ3v) is 9.06. The number of nitrogens with one attached hydrogen (secondary N) is 1. The first-order valence-corrected chi connectivity index (χ1v) is 14.5. The molecule has 0 aliphatic carbocycles.